The van der Waals surface area contributed by atoms with Crippen molar-refractivity contribution in [1.82, 2.24) is 0 Å². The number of ether oxygens (including phenoxy) is 2. The molecule has 0 aromatic heterocycles. The van der Waals surface area contributed by atoms with E-state index in [-0.39, 0.29) is 0 Å². The van der Waals surface area contributed by atoms with E-state index in [0.717, 1.165) is 19.6 Å². The van der Waals surface area contributed by atoms with Crippen LogP contribution in [0.1, 0.15) is 13.3 Å². The van der Waals surface area contributed by atoms with Gasteiger partial charge in [0, 0.05) is 13.7 Å². The molecule has 0 spiro atoms. The first-order valence-corrected chi connectivity index (χ1v) is 4.08. The van der Waals surface area contributed by atoms with Crippen LogP contribution in [-0.2, 0) is 9.47 Å². The van der Waals surface area contributed by atoms with Crippen LogP contribution in [0, 0.1) is 5.92 Å². The zero-order valence-corrected chi connectivity index (χ0v) is 7.51. The highest BCUT2D eigenvalue weighted by Gasteiger charge is 1.97. The molecule has 3 nitrogen and oxygen atoms in total. The molecule has 3 heteroatoms. The highest BCUT2D eigenvalue weighted by atomic mass is 16.5. The van der Waals surface area contributed by atoms with E-state index in [1.54, 1.807) is 7.11 Å². The summed E-state index contributed by atoms with van der Waals surface area (Å²) >= 11 is 0. The number of rotatable bonds is 7. The van der Waals surface area contributed by atoms with Crippen molar-refractivity contribution < 1.29 is 9.47 Å². The molecule has 0 aliphatic rings. The fourth-order valence-corrected chi connectivity index (χ4v) is 0.647. The van der Waals surface area contributed by atoms with E-state index < -0.39 is 0 Å². The lowest BCUT2D eigenvalue weighted by molar-refractivity contribution is 0.0650. The van der Waals surface area contributed by atoms with E-state index in [1.807, 2.05) is 0 Å². The van der Waals surface area contributed by atoms with E-state index in [0.29, 0.717) is 19.1 Å². The Morgan fingerprint density at radius 2 is 2.00 bits per heavy atom. The molecule has 0 fully saturated rings. The van der Waals surface area contributed by atoms with Crippen LogP contribution in [0.4, 0.5) is 0 Å². The van der Waals surface area contributed by atoms with Gasteiger partial charge in [-0.1, -0.05) is 6.92 Å². The smallest absolute Gasteiger partial charge is 0.0700 e. The van der Waals surface area contributed by atoms with E-state index in [4.69, 9.17) is 15.2 Å². The van der Waals surface area contributed by atoms with Crippen molar-refractivity contribution >= 4 is 0 Å². The van der Waals surface area contributed by atoms with Crippen molar-refractivity contribution in [1.29, 1.82) is 0 Å². The van der Waals surface area contributed by atoms with Gasteiger partial charge in [-0.2, -0.15) is 0 Å². The summed E-state index contributed by atoms with van der Waals surface area (Å²) in [5, 5.41) is 0. The summed E-state index contributed by atoms with van der Waals surface area (Å²) in [4.78, 5) is 0. The molecular weight excluding hydrogens is 142 g/mol. The van der Waals surface area contributed by atoms with Gasteiger partial charge in [0.1, 0.15) is 0 Å². The van der Waals surface area contributed by atoms with Crippen LogP contribution in [0.25, 0.3) is 0 Å². The topological polar surface area (TPSA) is 44.5 Å². The summed E-state index contributed by atoms with van der Waals surface area (Å²) in [5.41, 5.74) is 5.43. The van der Waals surface area contributed by atoms with Crippen LogP contribution in [0.15, 0.2) is 0 Å². The second-order valence-corrected chi connectivity index (χ2v) is 2.73. The zero-order chi connectivity index (χ0) is 8.53. The maximum atomic E-state index is 5.43. The van der Waals surface area contributed by atoms with Gasteiger partial charge in [0.25, 0.3) is 0 Å². The first-order chi connectivity index (χ1) is 5.31. The van der Waals surface area contributed by atoms with Gasteiger partial charge >= 0.3 is 0 Å². The zero-order valence-electron chi connectivity index (χ0n) is 7.51. The van der Waals surface area contributed by atoms with Gasteiger partial charge in [-0.25, -0.2) is 0 Å². The van der Waals surface area contributed by atoms with Gasteiger partial charge in [-0.3, -0.25) is 0 Å². The summed E-state index contributed by atoms with van der Waals surface area (Å²) in [7, 11) is 1.67. The van der Waals surface area contributed by atoms with E-state index in [2.05, 4.69) is 6.92 Å². The van der Waals surface area contributed by atoms with E-state index in [9.17, 15) is 0 Å². The second-order valence-electron chi connectivity index (χ2n) is 2.73. The molecule has 0 aromatic carbocycles. The minimum Gasteiger partial charge on any atom is -0.382 e. The lowest BCUT2D eigenvalue weighted by atomic mass is 10.1. The largest absolute Gasteiger partial charge is 0.382 e. The monoisotopic (exact) mass is 161 g/mol. The SMILES string of the molecule is COCCOCCC(C)CN. The first-order valence-electron chi connectivity index (χ1n) is 4.08. The molecule has 0 saturated carbocycles. The van der Waals surface area contributed by atoms with Crippen molar-refractivity contribution in [2.75, 3.05) is 33.5 Å². The third kappa shape index (κ3) is 7.78. The Balaban J connectivity index is 2.89. The Kier molecular flexibility index (Phi) is 7.89. The van der Waals surface area contributed by atoms with Crippen molar-refractivity contribution in [3.8, 4) is 0 Å². The molecule has 0 radical (unpaired) electrons. The molecule has 0 aliphatic carbocycles. The van der Waals surface area contributed by atoms with Crippen LogP contribution < -0.4 is 5.73 Å². The van der Waals surface area contributed by atoms with E-state index >= 15 is 0 Å². The quantitative estimate of drug-likeness (QED) is 0.557. The van der Waals surface area contributed by atoms with Crippen molar-refractivity contribution in [3.63, 3.8) is 0 Å². The van der Waals surface area contributed by atoms with E-state index in [1.165, 1.54) is 0 Å². The second kappa shape index (κ2) is 7.98. The maximum absolute atomic E-state index is 5.43. The van der Waals surface area contributed by atoms with Crippen LogP contribution >= 0.6 is 0 Å². The molecule has 0 rings (SSSR count). The molecule has 1 atom stereocenters. The third-order valence-electron chi connectivity index (χ3n) is 1.59. The maximum Gasteiger partial charge on any atom is 0.0700 e. The highest BCUT2D eigenvalue weighted by Crippen LogP contribution is 1.98. The van der Waals surface area contributed by atoms with Gasteiger partial charge in [-0.05, 0) is 18.9 Å². The normalized spacial score (nSPS) is 13.4. The Bertz CT molecular complexity index is 78.5. The third-order valence-corrected chi connectivity index (χ3v) is 1.59. The summed E-state index contributed by atoms with van der Waals surface area (Å²) in [6, 6.07) is 0. The van der Waals surface area contributed by atoms with Crippen LogP contribution in [-0.4, -0.2) is 33.5 Å². The van der Waals surface area contributed by atoms with Crippen molar-refractivity contribution in [2.45, 2.75) is 13.3 Å². The predicted octanol–water partition coefficient (Wildman–Crippen LogP) is 0.634. The molecule has 0 aromatic rings. The van der Waals surface area contributed by atoms with Crippen molar-refractivity contribution in [3.05, 3.63) is 0 Å². The lowest BCUT2D eigenvalue weighted by Gasteiger charge is -2.07. The predicted molar refractivity (Wildman–Crippen MR) is 45.5 cm³/mol. The fraction of sp³-hybridized carbons (Fsp3) is 1.00. The average Bonchev–Trinajstić information content (AvgIpc) is 2.04. The molecular formula is C8H19NO2. The van der Waals surface area contributed by atoms with Gasteiger partial charge in [0.15, 0.2) is 0 Å². The molecule has 0 bridgehead atoms. The molecule has 68 valence electrons. The fourth-order valence-electron chi connectivity index (χ4n) is 0.647. The Morgan fingerprint density at radius 1 is 1.27 bits per heavy atom. The standard InChI is InChI=1S/C8H19NO2/c1-8(7-9)3-4-11-6-5-10-2/h8H,3-7,9H2,1-2H3. The number of nitrogens with two attached hydrogens (primary N) is 1. The summed E-state index contributed by atoms with van der Waals surface area (Å²) in [6.07, 6.45) is 1.04. The highest BCUT2D eigenvalue weighted by molar-refractivity contribution is 4.51. The minimum absolute atomic E-state index is 0.567. The Labute approximate surface area is 68.9 Å². The summed E-state index contributed by atoms with van der Waals surface area (Å²) in [6.45, 7) is 5.03. The van der Waals surface area contributed by atoms with Gasteiger partial charge in [-0.15, -0.1) is 0 Å². The molecule has 0 amide bonds. The molecule has 0 aliphatic heterocycles. The van der Waals surface area contributed by atoms with Gasteiger partial charge < -0.3 is 15.2 Å². The number of methoxy groups -OCH3 is 1. The van der Waals surface area contributed by atoms with Crippen molar-refractivity contribution in [2.24, 2.45) is 11.7 Å². The van der Waals surface area contributed by atoms with Crippen LogP contribution in [0.2, 0.25) is 0 Å². The average molecular weight is 161 g/mol. The van der Waals surface area contributed by atoms with Gasteiger partial charge in [0.05, 0.1) is 13.2 Å². The van der Waals surface area contributed by atoms with Crippen LogP contribution in [0.5, 0.6) is 0 Å². The molecule has 1 unspecified atom stereocenters. The van der Waals surface area contributed by atoms with Crippen LogP contribution in [0.3, 0.4) is 0 Å². The Morgan fingerprint density at radius 3 is 2.55 bits per heavy atom. The molecule has 2 N–H and O–H groups in total. The lowest BCUT2D eigenvalue weighted by Crippen LogP contribution is -2.13. The first kappa shape index (κ1) is 10.9. The summed E-state index contributed by atoms with van der Waals surface area (Å²) in [5.74, 6) is 0.567. The van der Waals surface area contributed by atoms with Gasteiger partial charge in [0.2, 0.25) is 0 Å². The summed E-state index contributed by atoms with van der Waals surface area (Å²) < 4.78 is 10.1. The molecule has 11 heavy (non-hydrogen) atoms. The number of hydrogen-bond acceptors (Lipinski definition) is 3. The minimum atomic E-state index is 0.567. The molecule has 0 saturated heterocycles. The molecule has 0 heterocycles. The Hall–Kier alpha value is -0.120. The number of hydrogen-bond donors (Lipinski definition) is 1.